The second-order valence-electron chi connectivity index (χ2n) is 4.98. The second kappa shape index (κ2) is 4.90. The predicted octanol–water partition coefficient (Wildman–Crippen LogP) is 3.86. The molecule has 1 N–H and O–H groups in total. The number of benzene rings is 1. The summed E-state index contributed by atoms with van der Waals surface area (Å²) in [6.07, 6.45) is 4.09. The van der Waals surface area contributed by atoms with Crippen molar-refractivity contribution in [3.63, 3.8) is 0 Å². The molecule has 0 aromatic heterocycles. The van der Waals surface area contributed by atoms with Crippen LogP contribution >= 0.6 is 31.9 Å². The number of hydrogen-bond donors (Lipinski definition) is 1. The zero-order valence-electron chi connectivity index (χ0n) is 9.63. The van der Waals surface area contributed by atoms with Gasteiger partial charge in [-0.3, -0.25) is 4.90 Å². The Morgan fingerprint density at radius 1 is 1.18 bits per heavy atom. The molecule has 0 spiro atoms. The summed E-state index contributed by atoms with van der Waals surface area (Å²) < 4.78 is 2.25. The number of hydrogen-bond acceptors (Lipinski definition) is 2. The van der Waals surface area contributed by atoms with E-state index in [0.717, 1.165) is 15.0 Å². The van der Waals surface area contributed by atoms with Crippen molar-refractivity contribution in [3.05, 3.63) is 27.1 Å². The lowest BCUT2D eigenvalue weighted by Crippen LogP contribution is -2.27. The van der Waals surface area contributed by atoms with Crippen LogP contribution < -0.4 is 5.32 Å². The molecule has 1 aliphatic heterocycles. The molecule has 1 heterocycles. The van der Waals surface area contributed by atoms with Crippen LogP contribution in [-0.4, -0.2) is 30.1 Å². The molecule has 0 bridgehead atoms. The van der Waals surface area contributed by atoms with Crippen molar-refractivity contribution in [2.45, 2.75) is 31.3 Å². The molecule has 2 aliphatic rings. The first-order valence-corrected chi connectivity index (χ1v) is 7.76. The van der Waals surface area contributed by atoms with Gasteiger partial charge in [0.1, 0.15) is 0 Å². The molecule has 1 unspecified atom stereocenters. The predicted molar refractivity (Wildman–Crippen MR) is 78.5 cm³/mol. The van der Waals surface area contributed by atoms with Crippen LogP contribution in [0.1, 0.15) is 19.3 Å². The molecule has 3 rings (SSSR count). The summed E-state index contributed by atoms with van der Waals surface area (Å²) in [4.78, 5) is 2.63. The van der Waals surface area contributed by atoms with Crippen molar-refractivity contribution in [2.24, 2.45) is 0 Å². The zero-order chi connectivity index (χ0) is 11.8. The Morgan fingerprint density at radius 3 is 2.71 bits per heavy atom. The number of halogens is 2. The van der Waals surface area contributed by atoms with Crippen molar-refractivity contribution in [1.82, 2.24) is 4.90 Å². The molecule has 0 radical (unpaired) electrons. The molecule has 2 nitrogen and oxygen atoms in total. The monoisotopic (exact) mass is 358 g/mol. The summed E-state index contributed by atoms with van der Waals surface area (Å²) in [5, 5.41) is 3.64. The SMILES string of the molecule is Brc1ccc(NC2CCN(C3CC3)C2)c(Br)c1. The van der Waals surface area contributed by atoms with Crippen LogP contribution in [0.4, 0.5) is 5.69 Å². The topological polar surface area (TPSA) is 15.3 Å². The molecule has 0 amide bonds. The van der Waals surface area contributed by atoms with E-state index in [9.17, 15) is 0 Å². The highest BCUT2D eigenvalue weighted by Gasteiger charge is 2.34. The first-order valence-electron chi connectivity index (χ1n) is 6.18. The van der Waals surface area contributed by atoms with E-state index in [2.05, 4.69) is 60.3 Å². The normalized spacial score (nSPS) is 25.2. The fourth-order valence-electron chi connectivity index (χ4n) is 2.50. The average molecular weight is 360 g/mol. The van der Waals surface area contributed by atoms with Gasteiger partial charge in [-0.2, -0.15) is 0 Å². The summed E-state index contributed by atoms with van der Waals surface area (Å²) >= 11 is 7.08. The summed E-state index contributed by atoms with van der Waals surface area (Å²) in [6.45, 7) is 2.46. The Bertz CT molecular complexity index is 418. The Hall–Kier alpha value is -0.0600. The van der Waals surface area contributed by atoms with E-state index in [0.29, 0.717) is 6.04 Å². The van der Waals surface area contributed by atoms with Gasteiger partial charge in [-0.05, 0) is 53.4 Å². The molecule has 1 aromatic rings. The van der Waals surface area contributed by atoms with E-state index >= 15 is 0 Å². The lowest BCUT2D eigenvalue weighted by molar-refractivity contribution is 0.326. The number of anilines is 1. The largest absolute Gasteiger partial charge is 0.380 e. The average Bonchev–Trinajstić information content (AvgIpc) is 3.04. The van der Waals surface area contributed by atoms with Crippen LogP contribution in [-0.2, 0) is 0 Å². The van der Waals surface area contributed by atoms with Gasteiger partial charge in [0.05, 0.1) is 0 Å². The number of likely N-dealkylation sites (tertiary alicyclic amines) is 1. The number of rotatable bonds is 3. The first kappa shape index (κ1) is 12.0. The van der Waals surface area contributed by atoms with Crippen molar-refractivity contribution in [3.8, 4) is 0 Å². The van der Waals surface area contributed by atoms with Gasteiger partial charge in [-0.25, -0.2) is 0 Å². The summed E-state index contributed by atoms with van der Waals surface area (Å²) in [6, 6.07) is 7.81. The third-order valence-electron chi connectivity index (χ3n) is 3.57. The smallest absolute Gasteiger partial charge is 0.0488 e. The molecule has 1 saturated carbocycles. The molecular weight excluding hydrogens is 344 g/mol. The van der Waals surface area contributed by atoms with Crippen LogP contribution in [0, 0.1) is 0 Å². The Kier molecular flexibility index (Phi) is 3.46. The van der Waals surface area contributed by atoms with E-state index < -0.39 is 0 Å². The van der Waals surface area contributed by atoms with Gasteiger partial charge in [0.25, 0.3) is 0 Å². The van der Waals surface area contributed by atoms with Gasteiger partial charge >= 0.3 is 0 Å². The summed E-state index contributed by atoms with van der Waals surface area (Å²) in [5.41, 5.74) is 1.20. The maximum atomic E-state index is 3.64. The van der Waals surface area contributed by atoms with E-state index in [1.807, 2.05) is 0 Å². The Balaban J connectivity index is 1.63. The molecule has 92 valence electrons. The maximum absolute atomic E-state index is 3.64. The third kappa shape index (κ3) is 2.85. The van der Waals surface area contributed by atoms with Crippen LogP contribution in [0.2, 0.25) is 0 Å². The highest BCUT2D eigenvalue weighted by atomic mass is 79.9. The number of nitrogens with zero attached hydrogens (tertiary/aromatic N) is 1. The molecule has 1 atom stereocenters. The quantitative estimate of drug-likeness (QED) is 0.881. The van der Waals surface area contributed by atoms with Gasteiger partial charge < -0.3 is 5.32 Å². The van der Waals surface area contributed by atoms with E-state index in [4.69, 9.17) is 0 Å². The minimum atomic E-state index is 0.605. The first-order chi connectivity index (χ1) is 8.22. The molecular formula is C13H16Br2N2. The lowest BCUT2D eigenvalue weighted by Gasteiger charge is -2.17. The highest BCUT2D eigenvalue weighted by Crippen LogP contribution is 2.32. The molecule has 4 heteroatoms. The standard InChI is InChI=1S/C13H16Br2N2/c14-9-1-4-13(12(15)7-9)16-10-5-6-17(8-10)11-2-3-11/h1,4,7,10-11,16H,2-3,5-6,8H2. The molecule has 2 fully saturated rings. The van der Waals surface area contributed by atoms with E-state index in [1.54, 1.807) is 0 Å². The zero-order valence-corrected chi connectivity index (χ0v) is 12.8. The van der Waals surface area contributed by atoms with E-state index in [-0.39, 0.29) is 0 Å². The minimum absolute atomic E-state index is 0.605. The van der Waals surface area contributed by atoms with Crippen LogP contribution in [0.5, 0.6) is 0 Å². The lowest BCUT2D eigenvalue weighted by atomic mass is 10.2. The van der Waals surface area contributed by atoms with Gasteiger partial charge in [0.2, 0.25) is 0 Å². The van der Waals surface area contributed by atoms with Gasteiger partial charge in [-0.1, -0.05) is 15.9 Å². The van der Waals surface area contributed by atoms with Crippen LogP contribution in [0.15, 0.2) is 27.1 Å². The molecule has 1 aromatic carbocycles. The van der Waals surface area contributed by atoms with Gasteiger partial charge in [-0.15, -0.1) is 0 Å². The van der Waals surface area contributed by atoms with Gasteiger partial charge in [0, 0.05) is 39.8 Å². The highest BCUT2D eigenvalue weighted by molar-refractivity contribution is 9.11. The summed E-state index contributed by atoms with van der Waals surface area (Å²) in [5.74, 6) is 0. The number of nitrogens with one attached hydrogen (secondary N) is 1. The second-order valence-corrected chi connectivity index (χ2v) is 6.75. The Labute approximate surface area is 119 Å². The maximum Gasteiger partial charge on any atom is 0.0488 e. The minimum Gasteiger partial charge on any atom is -0.380 e. The van der Waals surface area contributed by atoms with Gasteiger partial charge in [0.15, 0.2) is 0 Å². The molecule has 1 saturated heterocycles. The van der Waals surface area contributed by atoms with Crippen molar-refractivity contribution < 1.29 is 0 Å². The molecule has 17 heavy (non-hydrogen) atoms. The third-order valence-corrected chi connectivity index (χ3v) is 4.72. The van der Waals surface area contributed by atoms with Crippen LogP contribution in [0.3, 0.4) is 0 Å². The van der Waals surface area contributed by atoms with Crippen molar-refractivity contribution in [1.29, 1.82) is 0 Å². The fourth-order valence-corrected chi connectivity index (χ4v) is 3.66. The Morgan fingerprint density at radius 2 is 2.00 bits per heavy atom. The van der Waals surface area contributed by atoms with Crippen LogP contribution in [0.25, 0.3) is 0 Å². The van der Waals surface area contributed by atoms with Crippen molar-refractivity contribution >= 4 is 37.5 Å². The fraction of sp³-hybridized carbons (Fsp3) is 0.538. The van der Waals surface area contributed by atoms with Crippen molar-refractivity contribution in [2.75, 3.05) is 18.4 Å². The van der Waals surface area contributed by atoms with E-state index in [1.165, 1.54) is 38.0 Å². The summed E-state index contributed by atoms with van der Waals surface area (Å²) in [7, 11) is 0. The molecule has 1 aliphatic carbocycles.